The average molecular weight is 199 g/mol. The Morgan fingerprint density at radius 2 is 2.00 bits per heavy atom. The summed E-state index contributed by atoms with van der Waals surface area (Å²) in [5, 5.41) is 11.8. The van der Waals surface area contributed by atoms with E-state index in [9.17, 15) is 4.79 Å². The number of fused-ring (bicyclic) bond motifs is 3. The molecular weight excluding hydrogens is 194 g/mol. The Kier molecular flexibility index (Phi) is 1.49. The summed E-state index contributed by atoms with van der Waals surface area (Å²) in [4.78, 5) is 17.9. The van der Waals surface area contributed by atoms with Gasteiger partial charge in [0.2, 0.25) is 0 Å². The van der Waals surface area contributed by atoms with Gasteiger partial charge in [-0.25, -0.2) is 4.98 Å². The highest BCUT2D eigenvalue weighted by Gasteiger charge is 2.03. The number of hydrogen-bond donors (Lipinski definition) is 1. The summed E-state index contributed by atoms with van der Waals surface area (Å²) in [6.07, 6.45) is 2.80. The van der Waals surface area contributed by atoms with Crippen LogP contribution in [0.15, 0.2) is 29.3 Å². The lowest BCUT2D eigenvalue weighted by Gasteiger charge is -1.99. The molecular formula is C9H5N5O. The highest BCUT2D eigenvalue weighted by atomic mass is 16.1. The van der Waals surface area contributed by atoms with Crippen molar-refractivity contribution in [2.45, 2.75) is 0 Å². The molecule has 0 saturated heterocycles. The molecule has 0 bridgehead atoms. The van der Waals surface area contributed by atoms with Gasteiger partial charge in [0, 0.05) is 5.39 Å². The highest BCUT2D eigenvalue weighted by Crippen LogP contribution is 2.17. The van der Waals surface area contributed by atoms with Gasteiger partial charge in [0.25, 0.3) is 5.56 Å². The van der Waals surface area contributed by atoms with Crippen molar-refractivity contribution in [3.05, 3.63) is 34.9 Å². The molecule has 0 amide bonds. The Morgan fingerprint density at radius 1 is 1.13 bits per heavy atom. The summed E-state index contributed by atoms with van der Waals surface area (Å²) in [5.41, 5.74) is 1.78. The molecule has 72 valence electrons. The number of nitrogens with zero attached hydrogens (tertiary/aromatic N) is 4. The summed E-state index contributed by atoms with van der Waals surface area (Å²) in [6.45, 7) is 0. The van der Waals surface area contributed by atoms with Crippen molar-refractivity contribution in [2.75, 3.05) is 0 Å². The first-order valence-electron chi connectivity index (χ1n) is 4.31. The molecule has 0 fully saturated rings. The van der Waals surface area contributed by atoms with Gasteiger partial charge in [-0.1, -0.05) is 0 Å². The predicted octanol–water partition coefficient (Wildman–Crippen LogP) is 0.261. The Bertz CT molecular complexity index is 705. The van der Waals surface area contributed by atoms with Crippen LogP contribution in [0.2, 0.25) is 0 Å². The van der Waals surface area contributed by atoms with Crippen LogP contribution in [0.1, 0.15) is 0 Å². The SMILES string of the molecule is O=c1cnc2ccc3nnncc3c2[nH]1. The predicted molar refractivity (Wildman–Crippen MR) is 53.3 cm³/mol. The van der Waals surface area contributed by atoms with Crippen molar-refractivity contribution in [1.29, 1.82) is 0 Å². The van der Waals surface area contributed by atoms with Gasteiger partial charge in [-0.2, -0.15) is 0 Å². The van der Waals surface area contributed by atoms with Crippen LogP contribution in [-0.4, -0.2) is 25.4 Å². The van der Waals surface area contributed by atoms with E-state index in [2.05, 4.69) is 25.4 Å². The van der Waals surface area contributed by atoms with Gasteiger partial charge in [-0.15, -0.1) is 10.2 Å². The molecule has 1 aromatic carbocycles. The molecule has 0 aliphatic carbocycles. The second-order valence-corrected chi connectivity index (χ2v) is 3.07. The van der Waals surface area contributed by atoms with E-state index in [-0.39, 0.29) is 5.56 Å². The van der Waals surface area contributed by atoms with Gasteiger partial charge >= 0.3 is 0 Å². The lowest BCUT2D eigenvalue weighted by atomic mass is 10.2. The fourth-order valence-corrected chi connectivity index (χ4v) is 1.50. The minimum atomic E-state index is -0.244. The van der Waals surface area contributed by atoms with E-state index in [0.29, 0.717) is 16.6 Å². The largest absolute Gasteiger partial charge is 0.319 e. The monoisotopic (exact) mass is 199 g/mol. The van der Waals surface area contributed by atoms with Gasteiger partial charge in [-0.3, -0.25) is 4.79 Å². The van der Waals surface area contributed by atoms with E-state index in [4.69, 9.17) is 0 Å². The minimum Gasteiger partial charge on any atom is -0.319 e. The quantitative estimate of drug-likeness (QED) is 0.525. The fraction of sp³-hybridized carbons (Fsp3) is 0. The third kappa shape index (κ3) is 1.15. The van der Waals surface area contributed by atoms with Crippen molar-refractivity contribution in [1.82, 2.24) is 25.4 Å². The maximum Gasteiger partial charge on any atom is 0.266 e. The fourth-order valence-electron chi connectivity index (χ4n) is 1.50. The first-order chi connectivity index (χ1) is 7.34. The third-order valence-corrected chi connectivity index (χ3v) is 2.16. The Morgan fingerprint density at radius 3 is 2.93 bits per heavy atom. The summed E-state index contributed by atoms with van der Waals surface area (Å²) in [7, 11) is 0. The molecule has 6 heteroatoms. The summed E-state index contributed by atoms with van der Waals surface area (Å²) in [5.74, 6) is 0. The maximum absolute atomic E-state index is 11.2. The number of rotatable bonds is 0. The van der Waals surface area contributed by atoms with E-state index in [1.807, 2.05) is 0 Å². The molecule has 0 aliphatic heterocycles. The van der Waals surface area contributed by atoms with E-state index < -0.39 is 0 Å². The Hall–Kier alpha value is -2.37. The van der Waals surface area contributed by atoms with E-state index in [0.717, 1.165) is 5.39 Å². The number of aromatic amines is 1. The first kappa shape index (κ1) is 7.98. The summed E-state index contributed by atoms with van der Waals surface area (Å²) in [6, 6.07) is 3.57. The van der Waals surface area contributed by atoms with E-state index in [1.54, 1.807) is 18.3 Å². The maximum atomic E-state index is 11.2. The molecule has 0 aliphatic rings. The van der Waals surface area contributed by atoms with Gasteiger partial charge < -0.3 is 4.98 Å². The van der Waals surface area contributed by atoms with Crippen molar-refractivity contribution < 1.29 is 0 Å². The normalized spacial score (nSPS) is 10.9. The second kappa shape index (κ2) is 2.81. The third-order valence-electron chi connectivity index (χ3n) is 2.16. The highest BCUT2D eigenvalue weighted by molar-refractivity contribution is 6.01. The van der Waals surface area contributed by atoms with Crippen LogP contribution in [0.3, 0.4) is 0 Å². The van der Waals surface area contributed by atoms with Crippen LogP contribution in [-0.2, 0) is 0 Å². The zero-order valence-electron chi connectivity index (χ0n) is 7.51. The molecule has 2 aromatic heterocycles. The smallest absolute Gasteiger partial charge is 0.266 e. The molecule has 15 heavy (non-hydrogen) atoms. The number of H-pyrrole nitrogens is 1. The molecule has 3 aromatic rings. The molecule has 0 unspecified atom stereocenters. The van der Waals surface area contributed by atoms with Crippen LogP contribution in [0.4, 0.5) is 0 Å². The molecule has 6 nitrogen and oxygen atoms in total. The van der Waals surface area contributed by atoms with Crippen LogP contribution in [0.25, 0.3) is 21.9 Å². The van der Waals surface area contributed by atoms with Gasteiger partial charge in [0.15, 0.2) is 0 Å². The standard InChI is InChI=1S/C9H5N5O/c15-8-4-10-7-2-1-6-5(9(7)12-8)3-11-14-13-6/h1-4H,(H,12,15). The number of aromatic nitrogens is 5. The molecule has 0 radical (unpaired) electrons. The van der Waals surface area contributed by atoms with Crippen molar-refractivity contribution in [2.24, 2.45) is 0 Å². The number of benzene rings is 1. The van der Waals surface area contributed by atoms with Gasteiger partial charge in [0.1, 0.15) is 0 Å². The number of hydrogen-bond acceptors (Lipinski definition) is 5. The van der Waals surface area contributed by atoms with Crippen molar-refractivity contribution >= 4 is 21.9 Å². The van der Waals surface area contributed by atoms with Crippen LogP contribution >= 0.6 is 0 Å². The van der Waals surface area contributed by atoms with Gasteiger partial charge in [0.05, 0.1) is 28.9 Å². The molecule has 0 atom stereocenters. The minimum absolute atomic E-state index is 0.244. The zero-order valence-corrected chi connectivity index (χ0v) is 7.51. The molecule has 0 saturated carbocycles. The zero-order chi connectivity index (χ0) is 10.3. The second-order valence-electron chi connectivity index (χ2n) is 3.07. The van der Waals surface area contributed by atoms with E-state index >= 15 is 0 Å². The topological polar surface area (TPSA) is 84.4 Å². The van der Waals surface area contributed by atoms with Gasteiger partial charge in [-0.05, 0) is 17.3 Å². The molecule has 3 rings (SSSR count). The number of nitrogens with one attached hydrogen (secondary N) is 1. The Balaban J connectivity index is 2.63. The molecule has 1 N–H and O–H groups in total. The Labute approximate surface area is 83.0 Å². The van der Waals surface area contributed by atoms with Crippen molar-refractivity contribution in [3.8, 4) is 0 Å². The lowest BCUT2D eigenvalue weighted by molar-refractivity contribution is 0.896. The van der Waals surface area contributed by atoms with Crippen molar-refractivity contribution in [3.63, 3.8) is 0 Å². The summed E-state index contributed by atoms with van der Waals surface area (Å²) < 4.78 is 0. The molecule has 0 spiro atoms. The summed E-state index contributed by atoms with van der Waals surface area (Å²) >= 11 is 0. The lowest BCUT2D eigenvalue weighted by Crippen LogP contribution is -2.05. The average Bonchev–Trinajstić information content (AvgIpc) is 2.29. The first-order valence-corrected chi connectivity index (χ1v) is 4.31. The van der Waals surface area contributed by atoms with Crippen LogP contribution in [0, 0.1) is 0 Å². The van der Waals surface area contributed by atoms with E-state index in [1.165, 1.54) is 6.20 Å². The van der Waals surface area contributed by atoms with Crippen LogP contribution < -0.4 is 5.56 Å². The van der Waals surface area contributed by atoms with Crippen LogP contribution in [0.5, 0.6) is 0 Å². The molecule has 2 heterocycles.